The number of rotatable bonds is 2. The molecular weight excluding hydrogens is 172 g/mol. The fraction of sp³-hybridized carbons (Fsp3) is 0.400. The second-order valence-electron chi connectivity index (χ2n) is 3.39. The molecule has 0 amide bonds. The van der Waals surface area contributed by atoms with Crippen molar-refractivity contribution in [3.05, 3.63) is 35.4 Å². The summed E-state index contributed by atoms with van der Waals surface area (Å²) in [5, 5.41) is 3.21. The van der Waals surface area contributed by atoms with Gasteiger partial charge in [-0.3, -0.25) is 0 Å². The summed E-state index contributed by atoms with van der Waals surface area (Å²) in [6.07, 6.45) is 1.91. The SMILES string of the molecule is Fc1ccc(CC2CCN2)cc1F. The summed E-state index contributed by atoms with van der Waals surface area (Å²) in [5.41, 5.74) is 0.858. The average Bonchev–Trinajstić information content (AvgIpc) is 2.04. The largest absolute Gasteiger partial charge is 0.314 e. The monoisotopic (exact) mass is 183 g/mol. The smallest absolute Gasteiger partial charge is 0.159 e. The zero-order chi connectivity index (χ0) is 9.26. The molecule has 1 saturated heterocycles. The van der Waals surface area contributed by atoms with Crippen LogP contribution < -0.4 is 5.32 Å². The van der Waals surface area contributed by atoms with Gasteiger partial charge in [-0.15, -0.1) is 0 Å². The van der Waals surface area contributed by atoms with Gasteiger partial charge in [0.15, 0.2) is 11.6 Å². The van der Waals surface area contributed by atoms with Crippen LogP contribution in [0.4, 0.5) is 8.78 Å². The molecule has 70 valence electrons. The molecule has 1 nitrogen and oxygen atoms in total. The first-order valence-electron chi connectivity index (χ1n) is 4.43. The van der Waals surface area contributed by atoms with Gasteiger partial charge in [-0.05, 0) is 37.1 Å². The van der Waals surface area contributed by atoms with Gasteiger partial charge in [0.05, 0.1) is 0 Å². The Morgan fingerprint density at radius 2 is 2.08 bits per heavy atom. The fourth-order valence-corrected chi connectivity index (χ4v) is 1.47. The van der Waals surface area contributed by atoms with Crippen molar-refractivity contribution in [3.8, 4) is 0 Å². The van der Waals surface area contributed by atoms with Crippen molar-refractivity contribution < 1.29 is 8.78 Å². The van der Waals surface area contributed by atoms with Crippen LogP contribution in [-0.4, -0.2) is 12.6 Å². The van der Waals surface area contributed by atoms with Crippen LogP contribution in [0, 0.1) is 11.6 Å². The van der Waals surface area contributed by atoms with E-state index in [1.165, 1.54) is 12.1 Å². The minimum atomic E-state index is -0.773. The maximum Gasteiger partial charge on any atom is 0.159 e. The highest BCUT2D eigenvalue weighted by Crippen LogP contribution is 2.13. The van der Waals surface area contributed by atoms with Gasteiger partial charge in [-0.1, -0.05) is 6.07 Å². The lowest BCUT2D eigenvalue weighted by Gasteiger charge is -2.27. The molecule has 1 fully saturated rings. The topological polar surface area (TPSA) is 12.0 Å². The first-order valence-corrected chi connectivity index (χ1v) is 4.43. The molecule has 0 aliphatic carbocycles. The van der Waals surface area contributed by atoms with Gasteiger partial charge in [-0.2, -0.15) is 0 Å². The van der Waals surface area contributed by atoms with Gasteiger partial charge in [0.1, 0.15) is 0 Å². The quantitative estimate of drug-likeness (QED) is 0.738. The van der Waals surface area contributed by atoms with Crippen molar-refractivity contribution in [1.82, 2.24) is 5.32 Å². The van der Waals surface area contributed by atoms with Crippen LogP contribution in [0.1, 0.15) is 12.0 Å². The lowest BCUT2D eigenvalue weighted by molar-refractivity contribution is 0.368. The summed E-state index contributed by atoms with van der Waals surface area (Å²) in [7, 11) is 0. The van der Waals surface area contributed by atoms with E-state index in [1.54, 1.807) is 6.07 Å². The highest BCUT2D eigenvalue weighted by Gasteiger charge is 2.16. The minimum Gasteiger partial charge on any atom is -0.314 e. The van der Waals surface area contributed by atoms with Crippen LogP contribution >= 0.6 is 0 Å². The van der Waals surface area contributed by atoms with Crippen LogP contribution in [0.5, 0.6) is 0 Å². The van der Waals surface area contributed by atoms with Crippen molar-refractivity contribution in [2.45, 2.75) is 18.9 Å². The van der Waals surface area contributed by atoms with Crippen LogP contribution in [0.2, 0.25) is 0 Å². The Labute approximate surface area is 75.8 Å². The second kappa shape index (κ2) is 3.42. The van der Waals surface area contributed by atoms with Gasteiger partial charge in [0, 0.05) is 6.04 Å². The van der Waals surface area contributed by atoms with Gasteiger partial charge >= 0.3 is 0 Å². The Bertz CT molecular complexity index is 308. The van der Waals surface area contributed by atoms with Crippen LogP contribution in [0.3, 0.4) is 0 Å². The van der Waals surface area contributed by atoms with Crippen LogP contribution in [0.15, 0.2) is 18.2 Å². The Morgan fingerprint density at radius 1 is 1.31 bits per heavy atom. The average molecular weight is 183 g/mol. The Hall–Kier alpha value is -0.960. The number of halogens is 2. The number of hydrogen-bond donors (Lipinski definition) is 1. The maximum atomic E-state index is 12.8. The number of hydrogen-bond acceptors (Lipinski definition) is 1. The van der Waals surface area contributed by atoms with Gasteiger partial charge in [0.25, 0.3) is 0 Å². The van der Waals surface area contributed by atoms with Crippen LogP contribution in [0.25, 0.3) is 0 Å². The lowest BCUT2D eigenvalue weighted by Crippen LogP contribution is -2.44. The predicted molar refractivity (Wildman–Crippen MR) is 46.5 cm³/mol. The predicted octanol–water partition coefficient (Wildman–Crippen LogP) is 1.87. The third kappa shape index (κ3) is 1.86. The highest BCUT2D eigenvalue weighted by molar-refractivity contribution is 5.19. The summed E-state index contributed by atoms with van der Waals surface area (Å²) in [6.45, 7) is 1.04. The number of benzene rings is 1. The molecule has 1 unspecified atom stereocenters. The number of nitrogens with one attached hydrogen (secondary N) is 1. The van der Waals surface area contributed by atoms with Crippen molar-refractivity contribution in [1.29, 1.82) is 0 Å². The molecule has 1 aliphatic rings. The summed E-state index contributed by atoms with van der Waals surface area (Å²) >= 11 is 0. The molecule has 1 aromatic carbocycles. The van der Waals surface area contributed by atoms with E-state index in [2.05, 4.69) is 5.32 Å². The molecule has 1 N–H and O–H groups in total. The summed E-state index contributed by atoms with van der Waals surface area (Å²) < 4.78 is 25.3. The molecule has 13 heavy (non-hydrogen) atoms. The molecule has 3 heteroatoms. The molecule has 0 aromatic heterocycles. The molecule has 1 atom stereocenters. The fourth-order valence-electron chi connectivity index (χ4n) is 1.47. The molecule has 0 saturated carbocycles. The van der Waals surface area contributed by atoms with E-state index >= 15 is 0 Å². The van der Waals surface area contributed by atoms with Crippen molar-refractivity contribution >= 4 is 0 Å². The highest BCUT2D eigenvalue weighted by atomic mass is 19.2. The molecule has 1 heterocycles. The molecule has 0 spiro atoms. The van der Waals surface area contributed by atoms with Crippen molar-refractivity contribution in [2.24, 2.45) is 0 Å². The van der Waals surface area contributed by atoms with E-state index < -0.39 is 11.6 Å². The first-order chi connectivity index (χ1) is 6.25. The standard InChI is InChI=1S/C10H11F2N/c11-9-2-1-7(6-10(9)12)5-8-3-4-13-8/h1-2,6,8,13H,3-5H2. The van der Waals surface area contributed by atoms with E-state index in [9.17, 15) is 8.78 Å². The first kappa shape index (κ1) is 8.63. The van der Waals surface area contributed by atoms with E-state index in [0.29, 0.717) is 6.04 Å². The summed E-state index contributed by atoms with van der Waals surface area (Å²) in [4.78, 5) is 0. The van der Waals surface area contributed by atoms with Gasteiger partial charge < -0.3 is 5.32 Å². The summed E-state index contributed by atoms with van der Waals surface area (Å²) in [6, 6.07) is 4.54. The van der Waals surface area contributed by atoms with E-state index in [-0.39, 0.29) is 0 Å². The zero-order valence-corrected chi connectivity index (χ0v) is 7.19. The van der Waals surface area contributed by atoms with Crippen LogP contribution in [-0.2, 0) is 6.42 Å². The van der Waals surface area contributed by atoms with E-state index in [4.69, 9.17) is 0 Å². The summed E-state index contributed by atoms with van der Waals surface area (Å²) in [5.74, 6) is -1.53. The molecule has 1 aliphatic heterocycles. The van der Waals surface area contributed by atoms with E-state index in [0.717, 1.165) is 24.9 Å². The van der Waals surface area contributed by atoms with Gasteiger partial charge in [-0.25, -0.2) is 8.78 Å². The Morgan fingerprint density at radius 3 is 2.62 bits per heavy atom. The molecule has 1 aromatic rings. The van der Waals surface area contributed by atoms with E-state index in [1.807, 2.05) is 0 Å². The molecule has 0 radical (unpaired) electrons. The van der Waals surface area contributed by atoms with Crippen molar-refractivity contribution in [2.75, 3.05) is 6.54 Å². The molecule has 2 rings (SSSR count). The van der Waals surface area contributed by atoms with Crippen molar-refractivity contribution in [3.63, 3.8) is 0 Å². The zero-order valence-electron chi connectivity index (χ0n) is 7.19. The van der Waals surface area contributed by atoms with Gasteiger partial charge in [0.2, 0.25) is 0 Å². The second-order valence-corrected chi connectivity index (χ2v) is 3.39. The Balaban J connectivity index is 2.07. The molecule has 0 bridgehead atoms. The third-order valence-corrected chi connectivity index (χ3v) is 2.39. The third-order valence-electron chi connectivity index (χ3n) is 2.39. The molecular formula is C10H11F2N. The maximum absolute atomic E-state index is 12.8. The minimum absolute atomic E-state index is 0.449. The Kier molecular flexibility index (Phi) is 2.27. The normalized spacial score (nSPS) is 21.2. The lowest BCUT2D eigenvalue weighted by atomic mass is 9.98.